The van der Waals surface area contributed by atoms with E-state index in [4.69, 9.17) is 9.97 Å². The van der Waals surface area contributed by atoms with Gasteiger partial charge < -0.3 is 25.3 Å². The van der Waals surface area contributed by atoms with Gasteiger partial charge in [0, 0.05) is 51.6 Å². The van der Waals surface area contributed by atoms with Crippen LogP contribution < -0.4 is 0 Å². The average Bonchev–Trinajstić information content (AvgIpc) is 3.65. The van der Waals surface area contributed by atoms with Gasteiger partial charge in [-0.1, -0.05) is 26.5 Å². The first-order valence-electron chi connectivity index (χ1n) is 14.2. The first-order chi connectivity index (χ1) is 20.4. The van der Waals surface area contributed by atoms with Crippen LogP contribution in [0.3, 0.4) is 0 Å². The fourth-order valence-corrected chi connectivity index (χ4v) is 6.25. The molecule has 5 heterocycles. The van der Waals surface area contributed by atoms with Crippen LogP contribution in [-0.2, 0) is 16.0 Å². The van der Waals surface area contributed by atoms with E-state index < -0.39 is 30.2 Å². The molecule has 0 saturated heterocycles. The van der Waals surface area contributed by atoms with E-state index in [0.29, 0.717) is 29.0 Å². The highest BCUT2D eigenvalue weighted by Gasteiger charge is 2.33. The second-order valence-corrected chi connectivity index (χ2v) is 11.1. The Kier molecular flexibility index (Phi) is 7.79. The van der Waals surface area contributed by atoms with Crippen molar-refractivity contribution in [3.05, 3.63) is 75.9 Å². The highest BCUT2D eigenvalue weighted by Crippen LogP contribution is 2.42. The Morgan fingerprint density at radius 3 is 2.35 bits per heavy atom. The molecule has 2 atom stereocenters. The maximum absolute atomic E-state index is 12.5. The zero-order chi connectivity index (χ0) is 31.2. The van der Waals surface area contributed by atoms with Crippen LogP contribution in [-0.4, -0.2) is 53.2 Å². The van der Waals surface area contributed by atoms with Crippen LogP contribution in [0.2, 0.25) is 0 Å². The second-order valence-electron chi connectivity index (χ2n) is 11.1. The lowest BCUT2D eigenvalue weighted by Gasteiger charge is -2.17. The summed E-state index contributed by atoms with van der Waals surface area (Å²) in [6, 6.07) is 7.13. The third kappa shape index (κ3) is 5.36. The van der Waals surface area contributed by atoms with E-state index in [-0.39, 0.29) is 35.4 Å². The summed E-state index contributed by atoms with van der Waals surface area (Å²) in [7, 11) is 0. The van der Waals surface area contributed by atoms with Gasteiger partial charge in [-0.15, -0.1) is 0 Å². The number of H-pyrrole nitrogens is 2. The Hall–Kier alpha value is -4.99. The Labute approximate surface area is 247 Å². The van der Waals surface area contributed by atoms with Gasteiger partial charge in [0.25, 0.3) is 0 Å². The Morgan fingerprint density at radius 1 is 0.977 bits per heavy atom. The van der Waals surface area contributed by atoms with Crippen LogP contribution in [0.5, 0.6) is 0 Å². The number of carboxylic acids is 3. The Morgan fingerprint density at radius 2 is 1.72 bits per heavy atom. The molecule has 5 rings (SSSR count). The largest absolute Gasteiger partial charge is 0.481 e. The van der Waals surface area contributed by atoms with Crippen LogP contribution in [0, 0.1) is 6.92 Å². The summed E-state index contributed by atoms with van der Waals surface area (Å²) >= 11 is 0. The lowest BCUT2D eigenvalue weighted by atomic mass is 9.85. The quantitative estimate of drug-likeness (QED) is 0.196. The number of aromatic amines is 2. The first kappa shape index (κ1) is 29.5. The van der Waals surface area contributed by atoms with Crippen molar-refractivity contribution < 1.29 is 29.7 Å². The van der Waals surface area contributed by atoms with E-state index in [1.165, 1.54) is 6.07 Å². The zero-order valence-corrected chi connectivity index (χ0v) is 24.5. The van der Waals surface area contributed by atoms with E-state index in [1.54, 1.807) is 12.1 Å². The molecule has 3 aromatic rings. The molecule has 0 unspecified atom stereocenters. The maximum Gasteiger partial charge on any atom is 0.337 e. The molecular weight excluding hydrogens is 548 g/mol. The van der Waals surface area contributed by atoms with E-state index in [0.717, 1.165) is 39.0 Å². The van der Waals surface area contributed by atoms with Gasteiger partial charge in [-0.05, 0) is 67.7 Å². The number of rotatable bonds is 8. The zero-order valence-electron chi connectivity index (χ0n) is 24.5. The summed E-state index contributed by atoms with van der Waals surface area (Å²) in [5.74, 6) is -4.08. The van der Waals surface area contributed by atoms with Crippen molar-refractivity contribution in [3.63, 3.8) is 0 Å². The number of carbonyl (C=O) groups is 3. The molecule has 0 saturated carbocycles. The standard InChI is InChI=1S/C33H34N4O6/c1-6-19-15(3)25-14-28-20(7-2)16(4)24(36-28)13-26-17(5)21(8-9-29(38)39)31(37-26)22(12-30(40)41)32-23(33(42)43)10-18(34-32)11-27(19)35-25/h7,10-11,13-14,17,21,34,36H,2,6,8-9,12H2,1,3-5H3,(H,38,39)(H,40,41)(H,42,43)/t17-,21-/m0/s1. The topological polar surface area (TPSA) is 169 Å². The molecule has 2 aliphatic heterocycles. The molecule has 8 bridgehead atoms. The molecule has 3 aromatic heterocycles. The highest BCUT2D eigenvalue weighted by molar-refractivity contribution is 6.00. The predicted octanol–water partition coefficient (Wildman–Crippen LogP) is 6.68. The minimum atomic E-state index is -1.22. The highest BCUT2D eigenvalue weighted by atomic mass is 16.4. The number of aromatic carboxylic acids is 1. The van der Waals surface area contributed by atoms with Crippen molar-refractivity contribution in [2.75, 3.05) is 0 Å². The van der Waals surface area contributed by atoms with Gasteiger partial charge in [0.1, 0.15) is 0 Å². The van der Waals surface area contributed by atoms with Gasteiger partial charge in [0.2, 0.25) is 0 Å². The van der Waals surface area contributed by atoms with Gasteiger partial charge >= 0.3 is 17.9 Å². The third-order valence-corrected chi connectivity index (χ3v) is 8.53. The monoisotopic (exact) mass is 582 g/mol. The minimum absolute atomic E-state index is 0.0928. The Bertz CT molecular complexity index is 1890. The summed E-state index contributed by atoms with van der Waals surface area (Å²) in [6.07, 6.45) is 2.04. The van der Waals surface area contributed by atoms with Crippen LogP contribution in [0.1, 0.15) is 102 Å². The number of carboxylic acid groups (broad SMARTS) is 3. The SMILES string of the molecule is C=Cc1c(C)c2cc3nc(c(CC(=O)O)c4[nH]c(cc5nc(cc1[nH]2)C(C)=C5CC)cc4C(=O)O)[C@@H](CCC(=O)O)[C@@H]3C. The molecule has 2 aliphatic rings. The fourth-order valence-electron chi connectivity index (χ4n) is 6.25. The number of aryl methyl sites for hydroxylation is 1. The van der Waals surface area contributed by atoms with Crippen molar-refractivity contribution in [3.8, 4) is 0 Å². The number of aromatic nitrogens is 4. The smallest absolute Gasteiger partial charge is 0.337 e. The van der Waals surface area contributed by atoms with Crippen LogP contribution in [0.25, 0.3) is 39.3 Å². The minimum Gasteiger partial charge on any atom is -0.481 e. The number of hydrogen-bond donors (Lipinski definition) is 5. The molecular formula is C33H34N4O6. The summed E-state index contributed by atoms with van der Waals surface area (Å²) < 4.78 is 0. The lowest BCUT2D eigenvalue weighted by Crippen LogP contribution is -2.11. The van der Waals surface area contributed by atoms with E-state index in [9.17, 15) is 29.7 Å². The summed E-state index contributed by atoms with van der Waals surface area (Å²) in [5, 5.41) is 29.6. The van der Waals surface area contributed by atoms with Gasteiger partial charge in [-0.3, -0.25) is 14.6 Å². The molecule has 222 valence electrons. The molecule has 0 amide bonds. The van der Waals surface area contributed by atoms with Crippen LogP contribution in [0.4, 0.5) is 0 Å². The third-order valence-electron chi connectivity index (χ3n) is 8.53. The lowest BCUT2D eigenvalue weighted by molar-refractivity contribution is -0.138. The first-order valence-corrected chi connectivity index (χ1v) is 14.2. The van der Waals surface area contributed by atoms with Crippen LogP contribution >= 0.6 is 0 Å². The maximum atomic E-state index is 12.5. The van der Waals surface area contributed by atoms with Crippen molar-refractivity contribution in [1.82, 2.24) is 19.9 Å². The summed E-state index contributed by atoms with van der Waals surface area (Å²) in [6.45, 7) is 12.0. The van der Waals surface area contributed by atoms with Gasteiger partial charge in [-0.25, -0.2) is 9.78 Å². The number of hydrogen-bond acceptors (Lipinski definition) is 5. The number of nitrogens with one attached hydrogen (secondary N) is 2. The number of nitrogens with zero attached hydrogens (tertiary/aromatic N) is 2. The van der Waals surface area contributed by atoms with Crippen molar-refractivity contribution in [1.29, 1.82) is 0 Å². The number of allylic oxidation sites excluding steroid dienone is 2. The molecule has 0 spiro atoms. The van der Waals surface area contributed by atoms with Crippen LogP contribution in [0.15, 0.2) is 30.8 Å². The molecule has 10 heteroatoms. The van der Waals surface area contributed by atoms with E-state index >= 15 is 0 Å². The average molecular weight is 583 g/mol. The molecule has 0 radical (unpaired) electrons. The Balaban J connectivity index is 2.01. The molecule has 0 aliphatic carbocycles. The van der Waals surface area contributed by atoms with Gasteiger partial charge in [0.05, 0.1) is 34.6 Å². The summed E-state index contributed by atoms with van der Waals surface area (Å²) in [5.41, 5.74) is 8.67. The second kappa shape index (κ2) is 11.4. The van der Waals surface area contributed by atoms with Gasteiger partial charge in [-0.2, -0.15) is 0 Å². The van der Waals surface area contributed by atoms with Crippen molar-refractivity contribution in [2.45, 2.75) is 65.2 Å². The van der Waals surface area contributed by atoms with Crippen molar-refractivity contribution >= 4 is 57.2 Å². The number of fused-ring (bicyclic) bond motifs is 8. The van der Waals surface area contributed by atoms with E-state index in [1.807, 2.05) is 39.8 Å². The predicted molar refractivity (Wildman–Crippen MR) is 165 cm³/mol. The normalized spacial score (nSPS) is 16.4. The molecule has 5 N–H and O–H groups in total. The summed E-state index contributed by atoms with van der Waals surface area (Å²) in [4.78, 5) is 52.7. The molecule has 43 heavy (non-hydrogen) atoms. The number of aliphatic carboxylic acids is 2. The van der Waals surface area contributed by atoms with Crippen molar-refractivity contribution in [2.24, 2.45) is 0 Å². The molecule has 0 fully saturated rings. The molecule has 10 nitrogen and oxygen atoms in total. The van der Waals surface area contributed by atoms with Gasteiger partial charge in [0.15, 0.2) is 0 Å². The fraction of sp³-hybridized carbons (Fsp3) is 0.303. The molecule has 0 aromatic carbocycles. The van der Waals surface area contributed by atoms with E-state index in [2.05, 4.69) is 16.5 Å².